The van der Waals surface area contributed by atoms with Gasteiger partial charge in [-0.15, -0.1) is 0 Å². The van der Waals surface area contributed by atoms with Gasteiger partial charge in [0.05, 0.1) is 12.1 Å². The predicted molar refractivity (Wildman–Crippen MR) is 70.7 cm³/mol. The fourth-order valence-corrected chi connectivity index (χ4v) is 2.71. The molecule has 0 aliphatic heterocycles. The molecule has 4 atom stereocenters. The molecule has 0 amide bonds. The summed E-state index contributed by atoms with van der Waals surface area (Å²) in [6.07, 6.45) is 1.24. The summed E-state index contributed by atoms with van der Waals surface area (Å²) in [5.74, 6) is 0.0963. The summed E-state index contributed by atoms with van der Waals surface area (Å²) in [4.78, 5) is 7.74. The van der Waals surface area contributed by atoms with E-state index in [1.54, 1.807) is 12.3 Å². The maximum absolute atomic E-state index is 10.8. The molecule has 1 aromatic heterocycles. The summed E-state index contributed by atoms with van der Waals surface area (Å²) in [5.41, 5.74) is 0. The van der Waals surface area contributed by atoms with Gasteiger partial charge in [-0.1, -0.05) is 0 Å². The summed E-state index contributed by atoms with van der Waals surface area (Å²) in [6, 6.07) is 1.21. The predicted octanol–water partition coefficient (Wildman–Crippen LogP) is -2.21. The first-order chi connectivity index (χ1) is 9.37. The molecular weight excluding hydrogens is 286 g/mol. The fraction of sp³-hybridized carbons (Fsp3) is 0.600. The van der Waals surface area contributed by atoms with Gasteiger partial charge in [-0.05, 0) is 12.5 Å². The Morgan fingerprint density at radius 2 is 2.15 bits per heavy atom. The third-order valence-corrected chi connectivity index (χ3v) is 3.83. The first-order valence-electron chi connectivity index (χ1n) is 6.03. The van der Waals surface area contributed by atoms with Crippen LogP contribution in [0, 0.1) is 5.92 Å². The van der Waals surface area contributed by atoms with E-state index in [1.807, 2.05) is 0 Å². The van der Waals surface area contributed by atoms with Crippen LogP contribution in [-0.2, 0) is 10.2 Å². The number of nitrogens with one attached hydrogen (secondary N) is 2. The second-order valence-electron chi connectivity index (χ2n) is 4.72. The molecule has 20 heavy (non-hydrogen) atoms. The maximum atomic E-state index is 10.8. The van der Waals surface area contributed by atoms with E-state index in [2.05, 4.69) is 20.0 Å². The normalized spacial score (nSPS) is 30.4. The van der Waals surface area contributed by atoms with Crippen LogP contribution in [0.2, 0.25) is 0 Å². The Hall–Kier alpha value is -1.33. The average molecular weight is 303 g/mol. The number of hydrogen-bond acceptors (Lipinski definition) is 7. The smallest absolute Gasteiger partial charge is 0.274 e. The first kappa shape index (κ1) is 15.1. The molecule has 0 radical (unpaired) electrons. The van der Waals surface area contributed by atoms with Crippen molar-refractivity contribution in [1.29, 1.82) is 0 Å². The standard InChI is InChI=1S/C10H17N5O4S/c11-20(18,19)14-4-6-3-7(10(17)9(6)16)15-8-1-2-12-5-13-8/h1-2,5-7,9-10,14,16-17H,3-4H2,(H2,11,18,19)(H,12,13,15)/t6-,7-,9-,10+/m1/s1. The molecule has 9 nitrogen and oxygen atoms in total. The Morgan fingerprint density at radius 3 is 2.75 bits per heavy atom. The van der Waals surface area contributed by atoms with E-state index in [9.17, 15) is 18.6 Å². The minimum atomic E-state index is -3.81. The highest BCUT2D eigenvalue weighted by atomic mass is 32.2. The van der Waals surface area contributed by atoms with E-state index in [-0.39, 0.29) is 6.54 Å². The summed E-state index contributed by atoms with van der Waals surface area (Å²) < 4.78 is 23.8. The Kier molecular flexibility index (Phi) is 4.50. The molecule has 112 valence electrons. The Balaban J connectivity index is 1.96. The monoisotopic (exact) mass is 303 g/mol. The molecule has 0 bridgehead atoms. The van der Waals surface area contributed by atoms with Gasteiger partial charge in [0.1, 0.15) is 18.2 Å². The van der Waals surface area contributed by atoms with Crippen molar-refractivity contribution in [2.45, 2.75) is 24.7 Å². The number of nitrogens with two attached hydrogens (primary N) is 1. The number of anilines is 1. The van der Waals surface area contributed by atoms with Gasteiger partial charge in [-0.3, -0.25) is 0 Å². The zero-order valence-electron chi connectivity index (χ0n) is 10.5. The zero-order valence-corrected chi connectivity index (χ0v) is 11.4. The van der Waals surface area contributed by atoms with Crippen LogP contribution in [0.3, 0.4) is 0 Å². The summed E-state index contributed by atoms with van der Waals surface area (Å²) in [6.45, 7) is -0.0288. The molecule has 1 heterocycles. The van der Waals surface area contributed by atoms with E-state index in [1.165, 1.54) is 6.33 Å². The van der Waals surface area contributed by atoms with Crippen molar-refractivity contribution >= 4 is 16.0 Å². The van der Waals surface area contributed by atoms with Crippen LogP contribution in [0.15, 0.2) is 18.6 Å². The molecule has 2 rings (SSSR count). The largest absolute Gasteiger partial charge is 0.390 e. The number of nitrogens with zero attached hydrogens (tertiary/aromatic N) is 2. The first-order valence-corrected chi connectivity index (χ1v) is 7.57. The molecule has 0 unspecified atom stereocenters. The average Bonchev–Trinajstić information content (AvgIpc) is 2.65. The quantitative estimate of drug-likeness (QED) is 0.414. The van der Waals surface area contributed by atoms with E-state index >= 15 is 0 Å². The van der Waals surface area contributed by atoms with Gasteiger partial charge in [0.25, 0.3) is 10.2 Å². The van der Waals surface area contributed by atoms with Gasteiger partial charge in [-0.2, -0.15) is 8.42 Å². The van der Waals surface area contributed by atoms with E-state index in [0.717, 1.165) is 0 Å². The van der Waals surface area contributed by atoms with Gasteiger partial charge >= 0.3 is 0 Å². The summed E-state index contributed by atoms with van der Waals surface area (Å²) in [7, 11) is -3.81. The van der Waals surface area contributed by atoms with Crippen molar-refractivity contribution in [3.05, 3.63) is 18.6 Å². The maximum Gasteiger partial charge on any atom is 0.274 e. The van der Waals surface area contributed by atoms with Gasteiger partial charge in [-0.25, -0.2) is 19.8 Å². The molecule has 10 heteroatoms. The Morgan fingerprint density at radius 1 is 1.40 bits per heavy atom. The molecule has 6 N–H and O–H groups in total. The lowest BCUT2D eigenvalue weighted by molar-refractivity contribution is 0.0185. The van der Waals surface area contributed by atoms with Crippen LogP contribution >= 0.6 is 0 Å². The molecule has 1 aromatic rings. The fourth-order valence-electron chi connectivity index (χ4n) is 2.26. The van der Waals surface area contributed by atoms with Crippen molar-refractivity contribution < 1.29 is 18.6 Å². The molecule has 1 fully saturated rings. The van der Waals surface area contributed by atoms with Crippen LogP contribution in [-0.4, -0.2) is 53.4 Å². The number of aromatic nitrogens is 2. The van der Waals surface area contributed by atoms with Crippen molar-refractivity contribution in [2.24, 2.45) is 11.1 Å². The number of rotatable bonds is 5. The van der Waals surface area contributed by atoms with Gasteiger partial charge in [0.15, 0.2) is 0 Å². The van der Waals surface area contributed by atoms with Crippen molar-refractivity contribution in [2.75, 3.05) is 11.9 Å². The molecule has 0 spiro atoms. The third-order valence-electron chi connectivity index (χ3n) is 3.26. The van der Waals surface area contributed by atoms with Crippen LogP contribution in [0.4, 0.5) is 5.82 Å². The number of aliphatic hydroxyl groups excluding tert-OH is 2. The Bertz CT molecular complexity index is 540. The van der Waals surface area contributed by atoms with E-state index in [0.29, 0.717) is 12.2 Å². The third kappa shape index (κ3) is 3.84. The SMILES string of the molecule is NS(=O)(=O)NC[C@H]1C[C@@H](Nc2ccncn2)[C@H](O)[C@@H]1O. The minimum Gasteiger partial charge on any atom is -0.390 e. The molecule has 1 aliphatic rings. The van der Waals surface area contributed by atoms with Crippen molar-refractivity contribution in [3.8, 4) is 0 Å². The second-order valence-corrected chi connectivity index (χ2v) is 6.09. The molecule has 1 saturated carbocycles. The number of aliphatic hydroxyl groups is 2. The van der Waals surface area contributed by atoms with Crippen LogP contribution < -0.4 is 15.2 Å². The lowest BCUT2D eigenvalue weighted by Crippen LogP contribution is -2.39. The van der Waals surface area contributed by atoms with Gasteiger partial charge < -0.3 is 15.5 Å². The lowest BCUT2D eigenvalue weighted by Gasteiger charge is -2.18. The van der Waals surface area contributed by atoms with Crippen molar-refractivity contribution in [3.63, 3.8) is 0 Å². The number of hydrogen-bond donors (Lipinski definition) is 5. The lowest BCUT2D eigenvalue weighted by atomic mass is 10.1. The topological polar surface area (TPSA) is 150 Å². The molecule has 1 aliphatic carbocycles. The van der Waals surface area contributed by atoms with Gasteiger partial charge in [0, 0.05) is 18.7 Å². The Labute approximate surface area is 116 Å². The zero-order chi connectivity index (χ0) is 14.8. The second kappa shape index (κ2) is 5.97. The van der Waals surface area contributed by atoms with Crippen LogP contribution in [0.25, 0.3) is 0 Å². The van der Waals surface area contributed by atoms with Crippen LogP contribution in [0.5, 0.6) is 0 Å². The summed E-state index contributed by atoms with van der Waals surface area (Å²) in [5, 5.41) is 27.7. The highest BCUT2D eigenvalue weighted by Gasteiger charge is 2.41. The van der Waals surface area contributed by atoms with Crippen LogP contribution in [0.1, 0.15) is 6.42 Å². The van der Waals surface area contributed by atoms with E-state index < -0.39 is 34.4 Å². The highest BCUT2D eigenvalue weighted by molar-refractivity contribution is 7.87. The minimum absolute atomic E-state index is 0.0288. The molecule has 0 aromatic carbocycles. The highest BCUT2D eigenvalue weighted by Crippen LogP contribution is 2.28. The summed E-state index contributed by atoms with van der Waals surface area (Å²) >= 11 is 0. The molecular formula is C10H17N5O4S. The molecule has 0 saturated heterocycles. The van der Waals surface area contributed by atoms with E-state index in [4.69, 9.17) is 5.14 Å². The van der Waals surface area contributed by atoms with Crippen molar-refractivity contribution in [1.82, 2.24) is 14.7 Å². The van der Waals surface area contributed by atoms with Gasteiger partial charge in [0.2, 0.25) is 0 Å².